The van der Waals surface area contributed by atoms with Gasteiger partial charge in [0.15, 0.2) is 0 Å². The van der Waals surface area contributed by atoms with Gasteiger partial charge in [0.25, 0.3) is 0 Å². The predicted molar refractivity (Wildman–Crippen MR) is 82.8 cm³/mol. The van der Waals surface area contributed by atoms with E-state index in [0.717, 1.165) is 30.7 Å². The first-order chi connectivity index (χ1) is 9.70. The van der Waals surface area contributed by atoms with Crippen LogP contribution in [0, 0.1) is 0 Å². The minimum absolute atomic E-state index is 0.150. The first kappa shape index (κ1) is 13.7. The summed E-state index contributed by atoms with van der Waals surface area (Å²) in [5, 5.41) is 4.15. The third-order valence-electron chi connectivity index (χ3n) is 3.72. The Kier molecular flexibility index (Phi) is 3.81. The summed E-state index contributed by atoms with van der Waals surface area (Å²) >= 11 is 12.5. The molecule has 1 aliphatic rings. The van der Waals surface area contributed by atoms with Crippen LogP contribution in [-0.4, -0.2) is 17.0 Å². The fraction of sp³-hybridized carbons (Fsp3) is 0.333. The lowest BCUT2D eigenvalue weighted by molar-refractivity contribution is 0.588. The highest BCUT2D eigenvalue weighted by molar-refractivity contribution is 6.36. The molecule has 0 spiro atoms. The van der Waals surface area contributed by atoms with Crippen LogP contribution in [0.2, 0.25) is 10.0 Å². The Morgan fingerprint density at radius 1 is 1.25 bits per heavy atom. The number of anilines is 1. The molecule has 20 heavy (non-hydrogen) atoms. The van der Waals surface area contributed by atoms with E-state index in [1.165, 1.54) is 5.56 Å². The molecule has 0 radical (unpaired) electrons. The van der Waals surface area contributed by atoms with Gasteiger partial charge in [-0.1, -0.05) is 29.3 Å². The molecule has 0 bridgehead atoms. The van der Waals surface area contributed by atoms with Gasteiger partial charge in [-0.25, -0.2) is 4.98 Å². The van der Waals surface area contributed by atoms with E-state index >= 15 is 0 Å². The standard InChI is InChI=1S/C15H15Cl2N3/c1-18-15-12(17)8-11(16)14(20-15)10-6-2-4-9-5-3-7-19-13(9)10/h3,5,7-8,10H,2,4,6H2,1H3,(H,18,20). The van der Waals surface area contributed by atoms with Crippen LogP contribution >= 0.6 is 23.2 Å². The van der Waals surface area contributed by atoms with Crippen molar-refractivity contribution in [1.82, 2.24) is 9.97 Å². The zero-order valence-electron chi connectivity index (χ0n) is 11.2. The van der Waals surface area contributed by atoms with Crippen molar-refractivity contribution in [3.8, 4) is 0 Å². The Balaban J connectivity index is 2.11. The number of fused-ring (bicyclic) bond motifs is 1. The highest BCUT2D eigenvalue weighted by Crippen LogP contribution is 2.39. The minimum Gasteiger partial charge on any atom is -0.372 e. The van der Waals surface area contributed by atoms with Crippen molar-refractivity contribution in [3.63, 3.8) is 0 Å². The number of halogens is 2. The summed E-state index contributed by atoms with van der Waals surface area (Å²) < 4.78 is 0. The molecule has 1 N–H and O–H groups in total. The number of aromatic nitrogens is 2. The van der Waals surface area contributed by atoms with Crippen molar-refractivity contribution >= 4 is 29.0 Å². The number of pyridine rings is 2. The van der Waals surface area contributed by atoms with Gasteiger partial charge in [0, 0.05) is 19.2 Å². The molecule has 0 saturated carbocycles. The summed E-state index contributed by atoms with van der Waals surface area (Å²) in [6.45, 7) is 0. The van der Waals surface area contributed by atoms with Crippen molar-refractivity contribution in [1.29, 1.82) is 0 Å². The smallest absolute Gasteiger partial charge is 0.144 e. The highest BCUT2D eigenvalue weighted by Gasteiger charge is 2.26. The third kappa shape index (κ3) is 2.36. The Morgan fingerprint density at radius 3 is 2.90 bits per heavy atom. The monoisotopic (exact) mass is 307 g/mol. The fourth-order valence-corrected chi connectivity index (χ4v) is 3.36. The molecule has 1 unspecified atom stereocenters. The van der Waals surface area contributed by atoms with E-state index < -0.39 is 0 Å². The summed E-state index contributed by atoms with van der Waals surface area (Å²) in [5.41, 5.74) is 3.25. The van der Waals surface area contributed by atoms with Crippen LogP contribution in [0.3, 0.4) is 0 Å². The molecule has 0 aromatic carbocycles. The van der Waals surface area contributed by atoms with E-state index in [9.17, 15) is 0 Å². The number of hydrogen-bond donors (Lipinski definition) is 1. The largest absolute Gasteiger partial charge is 0.372 e. The second-order valence-electron chi connectivity index (χ2n) is 4.93. The minimum atomic E-state index is 0.150. The van der Waals surface area contributed by atoms with Gasteiger partial charge in [-0.05, 0) is 37.0 Å². The van der Waals surface area contributed by atoms with Gasteiger partial charge in [-0.15, -0.1) is 0 Å². The summed E-state index contributed by atoms with van der Waals surface area (Å²) in [6.07, 6.45) is 5.05. The molecule has 2 heterocycles. The van der Waals surface area contributed by atoms with Gasteiger partial charge in [-0.2, -0.15) is 0 Å². The van der Waals surface area contributed by atoms with E-state index in [1.807, 2.05) is 12.3 Å². The Morgan fingerprint density at radius 2 is 2.10 bits per heavy atom. The summed E-state index contributed by atoms with van der Waals surface area (Å²) in [7, 11) is 1.80. The molecule has 0 aliphatic heterocycles. The van der Waals surface area contributed by atoms with Crippen molar-refractivity contribution in [3.05, 3.63) is 51.4 Å². The lowest BCUT2D eigenvalue weighted by Crippen LogP contribution is -2.15. The maximum atomic E-state index is 6.36. The van der Waals surface area contributed by atoms with Crippen LogP contribution in [0.5, 0.6) is 0 Å². The number of hydrogen-bond acceptors (Lipinski definition) is 3. The van der Waals surface area contributed by atoms with Crippen LogP contribution in [0.4, 0.5) is 5.82 Å². The van der Waals surface area contributed by atoms with Crippen LogP contribution < -0.4 is 5.32 Å². The van der Waals surface area contributed by atoms with Crippen molar-refractivity contribution in [2.45, 2.75) is 25.2 Å². The SMILES string of the molecule is CNc1nc(C2CCCc3cccnc32)c(Cl)cc1Cl. The zero-order valence-corrected chi connectivity index (χ0v) is 12.7. The van der Waals surface area contributed by atoms with E-state index in [-0.39, 0.29) is 5.92 Å². The van der Waals surface area contributed by atoms with Gasteiger partial charge in [0.05, 0.1) is 21.4 Å². The molecular weight excluding hydrogens is 293 g/mol. The molecule has 104 valence electrons. The number of nitrogens with zero attached hydrogens (tertiary/aromatic N) is 2. The fourth-order valence-electron chi connectivity index (χ4n) is 2.78. The van der Waals surface area contributed by atoms with Gasteiger partial charge in [0.2, 0.25) is 0 Å². The van der Waals surface area contributed by atoms with Crippen LogP contribution in [0.1, 0.15) is 35.7 Å². The molecule has 0 saturated heterocycles. The zero-order chi connectivity index (χ0) is 14.1. The lowest BCUT2D eigenvalue weighted by Gasteiger charge is -2.25. The highest BCUT2D eigenvalue weighted by atomic mass is 35.5. The summed E-state index contributed by atoms with van der Waals surface area (Å²) in [4.78, 5) is 9.14. The van der Waals surface area contributed by atoms with E-state index in [0.29, 0.717) is 15.9 Å². The molecule has 0 amide bonds. The maximum Gasteiger partial charge on any atom is 0.144 e. The van der Waals surface area contributed by atoms with Crippen molar-refractivity contribution in [2.75, 3.05) is 12.4 Å². The number of aryl methyl sites for hydroxylation is 1. The first-order valence-electron chi connectivity index (χ1n) is 6.68. The number of rotatable bonds is 2. The topological polar surface area (TPSA) is 37.8 Å². The molecule has 3 rings (SSSR count). The normalized spacial score (nSPS) is 17.6. The van der Waals surface area contributed by atoms with E-state index in [4.69, 9.17) is 23.2 Å². The van der Waals surface area contributed by atoms with E-state index in [1.54, 1.807) is 13.1 Å². The maximum absolute atomic E-state index is 6.36. The van der Waals surface area contributed by atoms with Crippen molar-refractivity contribution < 1.29 is 0 Å². The average Bonchev–Trinajstić information content (AvgIpc) is 2.47. The second kappa shape index (κ2) is 5.58. The Hall–Kier alpha value is -1.32. The van der Waals surface area contributed by atoms with Crippen LogP contribution in [0.25, 0.3) is 0 Å². The van der Waals surface area contributed by atoms with Gasteiger partial charge < -0.3 is 5.32 Å². The molecule has 1 aliphatic carbocycles. The molecule has 2 aromatic heterocycles. The van der Waals surface area contributed by atoms with Gasteiger partial charge in [0.1, 0.15) is 5.82 Å². The summed E-state index contributed by atoms with van der Waals surface area (Å²) in [6, 6.07) is 5.88. The second-order valence-corrected chi connectivity index (χ2v) is 5.74. The van der Waals surface area contributed by atoms with Gasteiger partial charge in [-0.3, -0.25) is 4.98 Å². The third-order valence-corrected chi connectivity index (χ3v) is 4.31. The first-order valence-corrected chi connectivity index (χ1v) is 7.43. The average molecular weight is 308 g/mol. The van der Waals surface area contributed by atoms with Crippen molar-refractivity contribution in [2.24, 2.45) is 0 Å². The Bertz CT molecular complexity index is 643. The van der Waals surface area contributed by atoms with Gasteiger partial charge >= 0.3 is 0 Å². The predicted octanol–water partition coefficient (Wildman–Crippen LogP) is 4.29. The molecule has 3 nitrogen and oxygen atoms in total. The Labute approximate surface area is 128 Å². The molecule has 1 atom stereocenters. The van der Waals surface area contributed by atoms with Crippen LogP contribution in [0.15, 0.2) is 24.4 Å². The summed E-state index contributed by atoms with van der Waals surface area (Å²) in [5.74, 6) is 0.811. The quantitative estimate of drug-likeness (QED) is 0.899. The molecule has 0 fully saturated rings. The molecular formula is C15H15Cl2N3. The number of nitrogens with one attached hydrogen (secondary N) is 1. The molecule has 2 aromatic rings. The van der Waals surface area contributed by atoms with Crippen LogP contribution in [-0.2, 0) is 6.42 Å². The lowest BCUT2D eigenvalue weighted by atomic mass is 9.84. The molecule has 5 heteroatoms. The van der Waals surface area contributed by atoms with E-state index in [2.05, 4.69) is 21.4 Å².